The van der Waals surface area contributed by atoms with E-state index in [2.05, 4.69) is 25.8 Å². The number of nitrogens with zero attached hydrogens (tertiary/aromatic N) is 2. The predicted molar refractivity (Wildman–Crippen MR) is 127 cm³/mol. The minimum absolute atomic E-state index is 0.0573. The molecule has 0 spiro atoms. The van der Waals surface area contributed by atoms with Gasteiger partial charge in [0.25, 0.3) is 5.56 Å². The lowest BCUT2D eigenvalue weighted by Gasteiger charge is -2.12. The van der Waals surface area contributed by atoms with Crippen LogP contribution in [0.15, 0.2) is 58.5 Å². The molecule has 0 bridgehead atoms. The van der Waals surface area contributed by atoms with E-state index in [1.165, 1.54) is 6.92 Å². The van der Waals surface area contributed by atoms with Crippen LogP contribution in [0.3, 0.4) is 0 Å². The van der Waals surface area contributed by atoms with Gasteiger partial charge in [-0.15, -0.1) is 10.2 Å². The maximum Gasteiger partial charge on any atom is 0.278 e. The van der Waals surface area contributed by atoms with E-state index in [0.29, 0.717) is 28.9 Å². The van der Waals surface area contributed by atoms with Crippen LogP contribution in [0.25, 0.3) is 11.3 Å². The van der Waals surface area contributed by atoms with Gasteiger partial charge in [-0.05, 0) is 44.2 Å². The van der Waals surface area contributed by atoms with Crippen LogP contribution >= 0.6 is 11.8 Å². The highest BCUT2D eigenvalue weighted by Gasteiger charge is 2.18. The van der Waals surface area contributed by atoms with E-state index in [1.54, 1.807) is 62.4 Å². The van der Waals surface area contributed by atoms with Crippen molar-refractivity contribution in [3.05, 3.63) is 64.4 Å². The van der Waals surface area contributed by atoms with Crippen LogP contribution < -0.4 is 16.2 Å². The number of thioether (sulfide) groups is 1. The molecule has 2 aromatic carbocycles. The molecule has 0 radical (unpaired) electrons. The number of anilines is 2. The Kier molecular flexibility index (Phi) is 7.73. The molecule has 0 fully saturated rings. The number of benzene rings is 2. The molecule has 0 saturated carbocycles. The lowest BCUT2D eigenvalue weighted by atomic mass is 10.1. The number of aromatic nitrogens is 3. The molecule has 0 aliphatic heterocycles. The number of Topliss-reactive ketones (excluding diaryl/α,β-unsaturated/α-hetero) is 1. The van der Waals surface area contributed by atoms with Crippen molar-refractivity contribution in [3.63, 3.8) is 0 Å². The summed E-state index contributed by atoms with van der Waals surface area (Å²) in [6, 6.07) is 13.4. The highest BCUT2D eigenvalue weighted by molar-refractivity contribution is 8.00. The molecule has 1 atom stereocenters. The summed E-state index contributed by atoms with van der Waals surface area (Å²) in [7, 11) is 0. The van der Waals surface area contributed by atoms with Crippen LogP contribution in [0.1, 0.15) is 37.6 Å². The Balaban J connectivity index is 1.71. The molecule has 3 N–H and O–H groups in total. The fourth-order valence-corrected chi connectivity index (χ4v) is 3.58. The number of carbonyl (C=O) groups is 3. The molecule has 170 valence electrons. The van der Waals surface area contributed by atoms with Gasteiger partial charge in [-0.1, -0.05) is 36.9 Å². The summed E-state index contributed by atoms with van der Waals surface area (Å²) in [5.41, 5.74) is 1.60. The number of aromatic amines is 1. The van der Waals surface area contributed by atoms with Crippen molar-refractivity contribution in [3.8, 4) is 11.3 Å². The van der Waals surface area contributed by atoms with Gasteiger partial charge in [0.15, 0.2) is 16.6 Å². The second-order valence-electron chi connectivity index (χ2n) is 7.14. The van der Waals surface area contributed by atoms with Crippen molar-refractivity contribution in [2.75, 3.05) is 10.6 Å². The molecule has 33 heavy (non-hydrogen) atoms. The van der Waals surface area contributed by atoms with Crippen molar-refractivity contribution in [2.24, 2.45) is 0 Å². The summed E-state index contributed by atoms with van der Waals surface area (Å²) >= 11 is 1.05. The molecule has 0 aliphatic rings. The summed E-state index contributed by atoms with van der Waals surface area (Å²) < 4.78 is 0. The van der Waals surface area contributed by atoms with E-state index in [9.17, 15) is 19.2 Å². The Labute approximate surface area is 194 Å². The van der Waals surface area contributed by atoms with Crippen LogP contribution in [0.4, 0.5) is 11.4 Å². The smallest absolute Gasteiger partial charge is 0.278 e. The SMILES string of the molecule is CCC(=O)Nc1ccccc1-c1nnc(S[C@H](C)C(=O)Nc2ccc(C(C)=O)cc2)[nH]c1=O. The molecular weight excluding hydrogens is 442 g/mol. The zero-order valence-electron chi connectivity index (χ0n) is 18.3. The van der Waals surface area contributed by atoms with Gasteiger partial charge in [0, 0.05) is 23.2 Å². The van der Waals surface area contributed by atoms with Gasteiger partial charge < -0.3 is 10.6 Å². The van der Waals surface area contributed by atoms with Gasteiger partial charge in [0.2, 0.25) is 11.8 Å². The largest absolute Gasteiger partial charge is 0.325 e. The third-order valence-electron chi connectivity index (χ3n) is 4.67. The maximum atomic E-state index is 12.7. The van der Waals surface area contributed by atoms with Gasteiger partial charge in [-0.25, -0.2) is 0 Å². The number of ketones is 1. The van der Waals surface area contributed by atoms with E-state index in [0.717, 1.165) is 11.8 Å². The monoisotopic (exact) mass is 465 g/mol. The predicted octanol–water partition coefficient (Wildman–Crippen LogP) is 3.50. The van der Waals surface area contributed by atoms with E-state index < -0.39 is 10.8 Å². The van der Waals surface area contributed by atoms with Gasteiger partial charge in [-0.3, -0.25) is 24.2 Å². The number of para-hydroxylation sites is 1. The fraction of sp³-hybridized carbons (Fsp3) is 0.217. The number of carbonyl (C=O) groups excluding carboxylic acids is 3. The van der Waals surface area contributed by atoms with Crippen LogP contribution in [-0.4, -0.2) is 38.0 Å². The summed E-state index contributed by atoms with van der Waals surface area (Å²) in [6.07, 6.45) is 0.298. The quantitative estimate of drug-likeness (QED) is 0.342. The Morgan fingerprint density at radius 1 is 1.03 bits per heavy atom. The second kappa shape index (κ2) is 10.7. The first-order chi connectivity index (χ1) is 15.8. The Bertz CT molecular complexity index is 1240. The zero-order valence-corrected chi connectivity index (χ0v) is 19.2. The minimum atomic E-state index is -0.579. The topological polar surface area (TPSA) is 134 Å². The third kappa shape index (κ3) is 6.13. The fourth-order valence-electron chi connectivity index (χ4n) is 2.84. The number of hydrogen-bond donors (Lipinski definition) is 3. The maximum absolute atomic E-state index is 12.7. The molecule has 3 rings (SSSR count). The van der Waals surface area contributed by atoms with Crippen molar-refractivity contribution < 1.29 is 14.4 Å². The Hall–Kier alpha value is -3.79. The number of amides is 2. The number of rotatable bonds is 8. The van der Waals surface area contributed by atoms with Gasteiger partial charge in [0.05, 0.1) is 10.9 Å². The second-order valence-corrected chi connectivity index (χ2v) is 8.47. The molecule has 2 amide bonds. The summed E-state index contributed by atoms with van der Waals surface area (Å²) in [5.74, 6) is -0.539. The minimum Gasteiger partial charge on any atom is -0.325 e. The van der Waals surface area contributed by atoms with E-state index >= 15 is 0 Å². The van der Waals surface area contributed by atoms with E-state index in [1.807, 2.05) is 0 Å². The van der Waals surface area contributed by atoms with E-state index in [4.69, 9.17) is 0 Å². The normalized spacial score (nSPS) is 11.5. The molecule has 0 unspecified atom stereocenters. The first kappa shape index (κ1) is 23.9. The van der Waals surface area contributed by atoms with Gasteiger partial charge >= 0.3 is 0 Å². The van der Waals surface area contributed by atoms with Crippen molar-refractivity contribution >= 4 is 40.7 Å². The highest BCUT2D eigenvalue weighted by Crippen LogP contribution is 2.25. The van der Waals surface area contributed by atoms with Crippen LogP contribution in [-0.2, 0) is 9.59 Å². The third-order valence-corrected chi connectivity index (χ3v) is 5.64. The lowest BCUT2D eigenvalue weighted by molar-refractivity contribution is -0.116. The van der Waals surface area contributed by atoms with Gasteiger partial charge in [-0.2, -0.15) is 0 Å². The highest BCUT2D eigenvalue weighted by atomic mass is 32.2. The Morgan fingerprint density at radius 3 is 2.36 bits per heavy atom. The van der Waals surface area contributed by atoms with Crippen molar-refractivity contribution in [1.82, 2.24) is 15.2 Å². The molecule has 1 heterocycles. The van der Waals surface area contributed by atoms with Crippen LogP contribution in [0.5, 0.6) is 0 Å². The summed E-state index contributed by atoms with van der Waals surface area (Å²) in [5, 5.41) is 13.2. The van der Waals surface area contributed by atoms with E-state index in [-0.39, 0.29) is 28.4 Å². The molecule has 3 aromatic rings. The first-order valence-corrected chi connectivity index (χ1v) is 11.1. The average Bonchev–Trinajstić information content (AvgIpc) is 2.80. The molecular formula is C23H23N5O4S. The Morgan fingerprint density at radius 2 is 1.73 bits per heavy atom. The van der Waals surface area contributed by atoms with Crippen molar-refractivity contribution in [2.45, 2.75) is 37.6 Å². The van der Waals surface area contributed by atoms with Crippen LogP contribution in [0, 0.1) is 0 Å². The summed E-state index contributed by atoms with van der Waals surface area (Å²) in [6.45, 7) is 4.88. The molecule has 0 saturated heterocycles. The summed E-state index contributed by atoms with van der Waals surface area (Å²) in [4.78, 5) is 51.0. The molecule has 9 nitrogen and oxygen atoms in total. The molecule has 0 aliphatic carbocycles. The number of nitrogens with one attached hydrogen (secondary N) is 3. The zero-order chi connectivity index (χ0) is 24.0. The number of hydrogen-bond acceptors (Lipinski definition) is 7. The molecule has 10 heteroatoms. The van der Waals surface area contributed by atoms with Crippen LogP contribution in [0.2, 0.25) is 0 Å². The first-order valence-electron chi connectivity index (χ1n) is 10.2. The lowest BCUT2D eigenvalue weighted by Crippen LogP contribution is -2.23. The van der Waals surface area contributed by atoms with Crippen molar-refractivity contribution in [1.29, 1.82) is 0 Å². The average molecular weight is 466 g/mol. The number of H-pyrrole nitrogens is 1. The standard InChI is InChI=1S/C23H23N5O4S/c1-4-19(30)25-18-8-6-5-7-17(18)20-22(32)26-23(28-27-20)33-14(3)21(31)24-16-11-9-15(10-12-16)13(2)29/h5-12,14H,4H2,1-3H3,(H,24,31)(H,25,30)(H,26,28,32)/t14-/m1/s1. The molecule has 1 aromatic heterocycles. The van der Waals surface area contributed by atoms with Gasteiger partial charge in [0.1, 0.15) is 0 Å².